The Bertz CT molecular complexity index is 482. The lowest BCUT2D eigenvalue weighted by atomic mass is 10.1. The lowest BCUT2D eigenvalue weighted by molar-refractivity contribution is -0.130. The zero-order chi connectivity index (χ0) is 14.5. The Hall–Kier alpha value is -1.69. The molecule has 2 saturated heterocycles. The number of piperidine rings is 1. The topological polar surface area (TPSA) is 67.4 Å². The maximum atomic E-state index is 11.9. The first-order chi connectivity index (χ1) is 10.3. The van der Waals surface area contributed by atoms with Gasteiger partial charge in [0.25, 0.3) is 0 Å². The monoisotopic (exact) mass is 290 g/mol. The van der Waals surface area contributed by atoms with Crippen molar-refractivity contribution in [3.05, 3.63) is 18.0 Å². The highest BCUT2D eigenvalue weighted by Gasteiger charge is 2.23. The molecule has 1 amide bonds. The fourth-order valence-electron chi connectivity index (χ4n) is 2.81. The summed E-state index contributed by atoms with van der Waals surface area (Å²) in [5.41, 5.74) is 0.844. The summed E-state index contributed by atoms with van der Waals surface area (Å²) >= 11 is 0. The van der Waals surface area contributed by atoms with Crippen LogP contribution in [0.3, 0.4) is 0 Å². The minimum atomic E-state index is -0.284. The summed E-state index contributed by atoms with van der Waals surface area (Å²) in [5, 5.41) is 2.90. The number of aromatic nitrogens is 2. The van der Waals surface area contributed by atoms with E-state index in [1.165, 1.54) is 19.3 Å². The third-order valence-corrected chi connectivity index (χ3v) is 4.01. The van der Waals surface area contributed by atoms with E-state index in [4.69, 9.17) is 4.74 Å². The molecule has 3 heterocycles. The second kappa shape index (κ2) is 6.85. The summed E-state index contributed by atoms with van der Waals surface area (Å²) < 4.78 is 5.37. The highest BCUT2D eigenvalue weighted by molar-refractivity contribution is 5.80. The molecule has 1 aromatic heterocycles. The quantitative estimate of drug-likeness (QED) is 0.904. The van der Waals surface area contributed by atoms with Gasteiger partial charge in [0.1, 0.15) is 6.10 Å². The van der Waals surface area contributed by atoms with Gasteiger partial charge in [0.05, 0.1) is 12.2 Å². The summed E-state index contributed by atoms with van der Waals surface area (Å²) in [6.07, 6.45) is 6.94. The van der Waals surface area contributed by atoms with Crippen molar-refractivity contribution in [1.29, 1.82) is 0 Å². The van der Waals surface area contributed by atoms with Crippen LogP contribution in [0.4, 0.5) is 5.95 Å². The molecule has 2 aliphatic heterocycles. The van der Waals surface area contributed by atoms with Gasteiger partial charge in [-0.3, -0.25) is 4.79 Å². The zero-order valence-electron chi connectivity index (χ0n) is 12.3. The molecule has 1 aromatic rings. The van der Waals surface area contributed by atoms with Crippen LogP contribution in [0.2, 0.25) is 0 Å². The number of hydrogen-bond acceptors (Lipinski definition) is 5. The molecule has 0 saturated carbocycles. The molecule has 3 rings (SSSR count). The highest BCUT2D eigenvalue weighted by atomic mass is 16.5. The molecule has 6 nitrogen and oxygen atoms in total. The van der Waals surface area contributed by atoms with E-state index in [9.17, 15) is 4.79 Å². The molecule has 0 bridgehead atoms. The van der Waals surface area contributed by atoms with Gasteiger partial charge >= 0.3 is 0 Å². The Kier molecular flexibility index (Phi) is 4.65. The van der Waals surface area contributed by atoms with E-state index in [1.807, 2.05) is 6.07 Å². The molecule has 1 unspecified atom stereocenters. The molecule has 1 atom stereocenters. The normalized spacial score (nSPS) is 22.3. The number of hydrogen-bond donors (Lipinski definition) is 1. The second-order valence-electron chi connectivity index (χ2n) is 5.62. The van der Waals surface area contributed by atoms with Gasteiger partial charge in [-0.2, -0.15) is 0 Å². The predicted octanol–water partition coefficient (Wildman–Crippen LogP) is 1.26. The molecule has 6 heteroatoms. The summed E-state index contributed by atoms with van der Waals surface area (Å²) in [5.74, 6) is 0.740. The van der Waals surface area contributed by atoms with Gasteiger partial charge in [-0.1, -0.05) is 0 Å². The Morgan fingerprint density at radius 3 is 2.95 bits per heavy atom. The van der Waals surface area contributed by atoms with E-state index in [2.05, 4.69) is 20.2 Å². The van der Waals surface area contributed by atoms with E-state index in [1.54, 1.807) is 6.20 Å². The molecule has 2 fully saturated rings. The minimum Gasteiger partial charge on any atom is -0.368 e. The van der Waals surface area contributed by atoms with Crippen molar-refractivity contribution >= 4 is 11.9 Å². The molecule has 2 aliphatic rings. The van der Waals surface area contributed by atoms with Gasteiger partial charge in [-0.15, -0.1) is 0 Å². The van der Waals surface area contributed by atoms with Crippen molar-refractivity contribution in [3.8, 4) is 0 Å². The van der Waals surface area contributed by atoms with E-state index >= 15 is 0 Å². The van der Waals surface area contributed by atoms with Crippen molar-refractivity contribution < 1.29 is 9.53 Å². The molecule has 0 aliphatic carbocycles. The van der Waals surface area contributed by atoms with Crippen LogP contribution in [-0.4, -0.2) is 41.7 Å². The SMILES string of the molecule is O=C(NCc1ccnc(N2CCCCC2)n1)C1CCCO1. The van der Waals surface area contributed by atoms with Crippen molar-refractivity contribution in [2.75, 3.05) is 24.6 Å². The molecule has 0 spiro atoms. The summed E-state index contributed by atoms with van der Waals surface area (Å²) in [4.78, 5) is 23.0. The van der Waals surface area contributed by atoms with Crippen LogP contribution in [0.5, 0.6) is 0 Å². The van der Waals surface area contributed by atoms with E-state index in [0.29, 0.717) is 13.2 Å². The van der Waals surface area contributed by atoms with E-state index in [0.717, 1.165) is 37.6 Å². The number of rotatable bonds is 4. The Labute approximate surface area is 124 Å². The van der Waals surface area contributed by atoms with Gasteiger partial charge in [0.2, 0.25) is 11.9 Å². The van der Waals surface area contributed by atoms with Crippen molar-refractivity contribution in [3.63, 3.8) is 0 Å². The maximum absolute atomic E-state index is 11.9. The fourth-order valence-corrected chi connectivity index (χ4v) is 2.81. The van der Waals surface area contributed by atoms with Gasteiger partial charge < -0.3 is 15.0 Å². The molecule has 0 radical (unpaired) electrons. The van der Waals surface area contributed by atoms with Crippen molar-refractivity contribution in [2.45, 2.75) is 44.8 Å². The third kappa shape index (κ3) is 3.69. The molecule has 0 aromatic carbocycles. The second-order valence-corrected chi connectivity index (χ2v) is 5.62. The number of carbonyl (C=O) groups is 1. The van der Waals surface area contributed by atoms with E-state index < -0.39 is 0 Å². The zero-order valence-corrected chi connectivity index (χ0v) is 12.3. The molecular formula is C15H22N4O2. The Morgan fingerprint density at radius 2 is 2.19 bits per heavy atom. The molecule has 21 heavy (non-hydrogen) atoms. The summed E-state index contributed by atoms with van der Waals surface area (Å²) in [6, 6.07) is 1.85. The number of nitrogens with zero attached hydrogens (tertiary/aromatic N) is 3. The average Bonchev–Trinajstić information content (AvgIpc) is 3.08. The van der Waals surface area contributed by atoms with Crippen molar-refractivity contribution in [1.82, 2.24) is 15.3 Å². The predicted molar refractivity (Wildman–Crippen MR) is 78.9 cm³/mol. The molecule has 114 valence electrons. The van der Waals surface area contributed by atoms with Crippen LogP contribution >= 0.6 is 0 Å². The molecule has 1 N–H and O–H groups in total. The number of carbonyl (C=O) groups excluding carboxylic acids is 1. The smallest absolute Gasteiger partial charge is 0.249 e. The maximum Gasteiger partial charge on any atom is 0.249 e. The average molecular weight is 290 g/mol. The van der Waals surface area contributed by atoms with E-state index in [-0.39, 0.29) is 12.0 Å². The van der Waals surface area contributed by atoms with Crippen LogP contribution in [-0.2, 0) is 16.1 Å². The number of ether oxygens (including phenoxy) is 1. The van der Waals surface area contributed by atoms with Gasteiger partial charge in [-0.05, 0) is 38.2 Å². The largest absolute Gasteiger partial charge is 0.368 e. The van der Waals surface area contributed by atoms with Crippen molar-refractivity contribution in [2.24, 2.45) is 0 Å². The summed E-state index contributed by atoms with van der Waals surface area (Å²) in [6.45, 7) is 3.16. The van der Waals surface area contributed by atoms with Gasteiger partial charge in [0.15, 0.2) is 0 Å². The number of amides is 1. The first-order valence-corrected chi connectivity index (χ1v) is 7.79. The lowest BCUT2D eigenvalue weighted by Crippen LogP contribution is -2.34. The molecular weight excluding hydrogens is 268 g/mol. The summed E-state index contributed by atoms with van der Waals surface area (Å²) in [7, 11) is 0. The van der Waals surface area contributed by atoms with Crippen LogP contribution < -0.4 is 10.2 Å². The Balaban J connectivity index is 1.56. The Morgan fingerprint density at radius 1 is 1.33 bits per heavy atom. The van der Waals surface area contributed by atoms with Crippen LogP contribution in [0.15, 0.2) is 12.3 Å². The number of nitrogens with one attached hydrogen (secondary N) is 1. The third-order valence-electron chi connectivity index (χ3n) is 4.01. The first kappa shape index (κ1) is 14.3. The minimum absolute atomic E-state index is 0.0364. The van der Waals surface area contributed by atoms with Crippen LogP contribution in [0.1, 0.15) is 37.8 Å². The van der Waals surface area contributed by atoms with Gasteiger partial charge in [-0.25, -0.2) is 9.97 Å². The van der Waals surface area contributed by atoms with Gasteiger partial charge in [0, 0.05) is 25.9 Å². The standard InChI is InChI=1S/C15H22N4O2/c20-14(13-5-4-10-21-13)17-11-12-6-7-16-15(18-12)19-8-2-1-3-9-19/h6-7,13H,1-5,8-11H2,(H,17,20). The first-order valence-electron chi connectivity index (χ1n) is 7.79. The van der Waals surface area contributed by atoms with Crippen LogP contribution in [0, 0.1) is 0 Å². The van der Waals surface area contributed by atoms with Crippen LogP contribution in [0.25, 0.3) is 0 Å². The fraction of sp³-hybridized carbons (Fsp3) is 0.667. The highest BCUT2D eigenvalue weighted by Crippen LogP contribution is 2.15. The lowest BCUT2D eigenvalue weighted by Gasteiger charge is -2.26. The number of anilines is 1.